The van der Waals surface area contributed by atoms with Crippen molar-refractivity contribution in [2.45, 2.75) is 716 Å². The second-order valence-corrected chi connectivity index (χ2v) is 39.7. The first-order valence-corrected chi connectivity index (χ1v) is 58.8. The van der Waals surface area contributed by atoms with Gasteiger partial charge in [-0.15, -0.1) is 0 Å². The van der Waals surface area contributed by atoms with E-state index in [2.05, 4.69) is 48.5 Å². The molecule has 0 saturated carbocycles. The molecule has 0 aliphatic heterocycles. The van der Waals surface area contributed by atoms with Gasteiger partial charge in [-0.2, -0.15) is 0 Å². The Balaban J connectivity index is -0.000000109. The predicted molar refractivity (Wildman–Crippen MR) is 555 cm³/mol. The second-order valence-electron chi connectivity index (χ2n) is 39.7. The van der Waals surface area contributed by atoms with Gasteiger partial charge in [0.1, 0.15) is 0 Å². The van der Waals surface area contributed by atoms with Crippen molar-refractivity contribution in [2.24, 2.45) is 0 Å². The maximum absolute atomic E-state index is 10.3. The third-order valence-corrected chi connectivity index (χ3v) is 25.9. The van der Waals surface area contributed by atoms with E-state index in [4.69, 9.17) is 0 Å². The SMILES string of the molecule is CCCCCCCCCCCC(=O)[O-].CCCCCCCCCCCCCC(=O)[O-].CCCCCCCCCCCCCCCC(=O)[O-].CCCCCCCCCCCCCCCC(=O)[O-].CCCCCCCCCCCCCCCCCC(=O)[O-].CCCCCCCCCCCCCCCCCCCC(=O)[O-].CCCCCCCCCCCCCCCCCCCCCC(=O)[O-].[K+].[K+].[Na+].[Na+].[Na+].[Na+].[Na+]. The summed E-state index contributed by atoms with van der Waals surface area (Å²) in [4.78, 5) is 71.4. The van der Waals surface area contributed by atoms with E-state index in [9.17, 15) is 69.3 Å². The molecule has 0 N–H and O–H groups in total. The Morgan fingerprint density at radius 3 is 0.187 bits per heavy atom. The Morgan fingerprint density at radius 1 is 0.101 bits per heavy atom. The number of rotatable bonds is 104. The van der Waals surface area contributed by atoms with E-state index in [-0.39, 0.29) is 296 Å². The average molecular weight is 2070 g/mol. The summed E-state index contributed by atoms with van der Waals surface area (Å²) in [5.41, 5.74) is 0. The summed E-state index contributed by atoms with van der Waals surface area (Å²) >= 11 is 0. The fourth-order valence-electron chi connectivity index (χ4n) is 17.1. The molecule has 0 bridgehead atoms. The van der Waals surface area contributed by atoms with Crippen molar-refractivity contribution in [3.63, 3.8) is 0 Å². The van der Waals surface area contributed by atoms with Crippen molar-refractivity contribution in [3.8, 4) is 0 Å². The van der Waals surface area contributed by atoms with Gasteiger partial charge in [0.25, 0.3) is 0 Å². The van der Waals surface area contributed by atoms with E-state index in [0.717, 1.165) is 89.9 Å². The first-order valence-electron chi connectivity index (χ1n) is 58.8. The molecule has 0 unspecified atom stereocenters. The molecule has 0 aromatic heterocycles. The van der Waals surface area contributed by atoms with Crippen LogP contribution >= 0.6 is 0 Å². The Morgan fingerprint density at radius 2 is 0.144 bits per heavy atom. The number of carboxylic acids is 7. The standard InChI is InChI=1S/C22H44O2.C20H40O2.C18H36O2.2C16H32O2.C14H28O2.C12H24O2.2K.5Na/c1-2-3-4-5-6-7-8-9-10-11-12-13-14-15-16-17-18-19-20-21-22(23)24;1-2-3-4-5-6-7-8-9-10-11-12-13-14-15-16-17-18-19-20(21)22;1-2-3-4-5-6-7-8-9-10-11-12-13-14-15-16-17-18(19)20;2*1-2-3-4-5-6-7-8-9-10-11-12-13-14-15-16(17)18;1-2-3-4-5-6-7-8-9-10-11-12-13-14(15)16;1-2-3-4-5-6-7-8-9-10-11-12(13)14;;;;;;;/h2-21H2,1H3,(H,23,24);2-19H2,1H3,(H,21,22);2-17H2,1H3,(H,19,20);2*2-15H2,1H3,(H,17,18);2-13H2,1H3,(H,15,16);2-11H2,1H3,(H,13,14);;;;;;;/q;;;;;;;7*+1/p-7. The molecule has 139 heavy (non-hydrogen) atoms. The summed E-state index contributed by atoms with van der Waals surface area (Å²) in [6.07, 6.45) is 127. The van der Waals surface area contributed by atoms with E-state index in [1.54, 1.807) is 0 Å². The van der Waals surface area contributed by atoms with Crippen LogP contribution in [0.5, 0.6) is 0 Å². The Kier molecular flexibility index (Phi) is 213. The van der Waals surface area contributed by atoms with Crippen molar-refractivity contribution in [1.29, 1.82) is 0 Å². The zero-order chi connectivity index (χ0) is 98.6. The molecule has 0 atom stereocenters. The van der Waals surface area contributed by atoms with Crippen molar-refractivity contribution in [2.75, 3.05) is 0 Å². The normalized spacial score (nSPS) is 10.2. The minimum absolute atomic E-state index is 0. The zero-order valence-electron chi connectivity index (χ0n) is 96.8. The number of carbonyl (C=O) groups is 7. The van der Waals surface area contributed by atoms with Gasteiger partial charge in [0.2, 0.25) is 0 Å². The van der Waals surface area contributed by atoms with Crippen LogP contribution in [0.3, 0.4) is 0 Å². The van der Waals surface area contributed by atoms with Crippen LogP contribution in [-0.4, -0.2) is 41.8 Å². The quantitative estimate of drug-likeness (QED) is 0.0404. The van der Waals surface area contributed by atoms with Gasteiger partial charge in [-0.3, -0.25) is 0 Å². The largest absolute Gasteiger partial charge is 1.00 e. The van der Waals surface area contributed by atoms with Gasteiger partial charge in [0.15, 0.2) is 0 Å². The van der Waals surface area contributed by atoms with Crippen molar-refractivity contribution >= 4 is 41.8 Å². The summed E-state index contributed by atoms with van der Waals surface area (Å²) in [5.74, 6) is -6.33. The molecule has 0 radical (unpaired) electrons. The summed E-state index contributed by atoms with van der Waals surface area (Å²) in [6.45, 7) is 15.8. The Bertz CT molecular complexity index is 2140. The molecular formula is C118H229K2Na5O14. The molecular weight excluding hydrogens is 1830 g/mol. The zero-order valence-corrected chi connectivity index (χ0v) is 113. The molecule has 0 saturated heterocycles. The van der Waals surface area contributed by atoms with E-state index >= 15 is 0 Å². The Hall–Kier alpha value is 4.56. The Labute approximate surface area is 1060 Å². The molecule has 0 aliphatic carbocycles. The first-order chi connectivity index (χ1) is 64.4. The average Bonchev–Trinajstić information content (AvgIpc) is 1.12. The minimum Gasteiger partial charge on any atom is -0.550 e. The van der Waals surface area contributed by atoms with Gasteiger partial charge in [0, 0.05) is 41.8 Å². The van der Waals surface area contributed by atoms with Crippen LogP contribution in [-0.2, 0) is 33.6 Å². The topological polar surface area (TPSA) is 281 Å². The number of aliphatic carboxylic acids is 7. The third-order valence-electron chi connectivity index (χ3n) is 25.9. The molecule has 0 spiro atoms. The summed E-state index contributed by atoms with van der Waals surface area (Å²) in [7, 11) is 0. The van der Waals surface area contributed by atoms with Crippen LogP contribution in [0.2, 0.25) is 0 Å². The van der Waals surface area contributed by atoms with E-state index in [1.165, 1.54) is 533 Å². The third kappa shape index (κ3) is 211. The number of carboxylic acid groups (broad SMARTS) is 7. The van der Waals surface area contributed by atoms with E-state index in [0.29, 0.717) is 0 Å². The molecule has 0 aromatic rings. The fourth-order valence-corrected chi connectivity index (χ4v) is 17.1. The minimum atomic E-state index is -0.909. The van der Waals surface area contributed by atoms with Gasteiger partial charge in [0.05, 0.1) is 0 Å². The second kappa shape index (κ2) is 170. The van der Waals surface area contributed by atoms with E-state index in [1.807, 2.05) is 0 Å². The monoisotopic (exact) mass is 2060 g/mol. The van der Waals surface area contributed by atoms with E-state index < -0.39 is 41.8 Å². The molecule has 0 aromatic carbocycles. The summed E-state index contributed by atoms with van der Waals surface area (Å²) in [6, 6.07) is 0. The number of unbranched alkanes of at least 4 members (excludes halogenated alkanes) is 90. The van der Waals surface area contributed by atoms with Crippen LogP contribution in [0.4, 0.5) is 0 Å². The molecule has 0 heterocycles. The van der Waals surface area contributed by atoms with Crippen molar-refractivity contribution in [1.82, 2.24) is 0 Å². The van der Waals surface area contributed by atoms with Crippen LogP contribution in [0, 0.1) is 0 Å². The molecule has 0 amide bonds. The molecule has 14 nitrogen and oxygen atoms in total. The summed E-state index contributed by atoms with van der Waals surface area (Å²) in [5, 5.41) is 71.4. The van der Waals surface area contributed by atoms with Crippen LogP contribution < -0.4 is 286 Å². The smallest absolute Gasteiger partial charge is 0.550 e. The maximum Gasteiger partial charge on any atom is 1.00 e. The first kappa shape index (κ1) is 174. The van der Waals surface area contributed by atoms with Gasteiger partial charge < -0.3 is 69.3 Å². The fraction of sp³-hybridized carbons (Fsp3) is 0.941. The molecule has 0 aliphatic rings. The summed E-state index contributed by atoms with van der Waals surface area (Å²) < 4.78 is 0. The van der Waals surface area contributed by atoms with Gasteiger partial charge >= 0.3 is 251 Å². The van der Waals surface area contributed by atoms with Gasteiger partial charge in [-0.05, 0) is 89.9 Å². The number of carbonyl (C=O) groups excluding carboxylic acids is 7. The number of hydrogen-bond acceptors (Lipinski definition) is 14. The molecule has 21 heteroatoms. The van der Waals surface area contributed by atoms with Crippen LogP contribution in [0.15, 0.2) is 0 Å². The van der Waals surface area contributed by atoms with Crippen LogP contribution in [0.25, 0.3) is 0 Å². The van der Waals surface area contributed by atoms with Crippen molar-refractivity contribution < 1.29 is 320 Å². The molecule has 792 valence electrons. The van der Waals surface area contributed by atoms with Crippen LogP contribution in [0.1, 0.15) is 716 Å². The van der Waals surface area contributed by atoms with Gasteiger partial charge in [-0.25, -0.2) is 0 Å². The predicted octanol–water partition coefficient (Wildman–Crippen LogP) is 10.9. The van der Waals surface area contributed by atoms with Crippen molar-refractivity contribution in [3.05, 3.63) is 0 Å². The maximum atomic E-state index is 10.3. The van der Waals surface area contributed by atoms with Gasteiger partial charge in [-0.1, -0.05) is 626 Å². The number of hydrogen-bond donors (Lipinski definition) is 0. The molecule has 0 fully saturated rings. The molecule has 0 rings (SSSR count).